The average molecular weight is 326 g/mol. The predicted molar refractivity (Wildman–Crippen MR) is 88.1 cm³/mol. The fourth-order valence-corrected chi connectivity index (χ4v) is 3.66. The summed E-state index contributed by atoms with van der Waals surface area (Å²) in [6.07, 6.45) is 3.06. The lowest BCUT2D eigenvalue weighted by Gasteiger charge is -2.45. The zero-order chi connectivity index (χ0) is 16.9. The second kappa shape index (κ2) is 8.08. The van der Waals surface area contributed by atoms with Gasteiger partial charge >= 0.3 is 0 Å². The van der Waals surface area contributed by atoms with Crippen LogP contribution in [0, 0.1) is 0 Å². The van der Waals surface area contributed by atoms with Crippen molar-refractivity contribution in [1.29, 1.82) is 0 Å². The van der Waals surface area contributed by atoms with E-state index in [4.69, 9.17) is 4.74 Å². The van der Waals surface area contributed by atoms with Crippen LogP contribution in [0.25, 0.3) is 0 Å². The van der Waals surface area contributed by atoms with Gasteiger partial charge in [-0.15, -0.1) is 0 Å². The first-order valence-corrected chi connectivity index (χ1v) is 8.50. The molecular weight excluding hydrogens is 296 g/mol. The molecule has 0 aliphatic carbocycles. The molecule has 2 N–H and O–H groups in total. The number of carbonyl (C=O) groups excluding carboxylic acids is 2. The molecule has 0 unspecified atom stereocenters. The van der Waals surface area contributed by atoms with Crippen LogP contribution in [0.2, 0.25) is 0 Å². The summed E-state index contributed by atoms with van der Waals surface area (Å²) < 4.78 is 5.45. The zero-order valence-electron chi connectivity index (χ0n) is 14.6. The second-order valence-electron chi connectivity index (χ2n) is 6.67. The molecule has 0 spiro atoms. The molecule has 0 saturated carbocycles. The number of nitrogens with zero attached hydrogens (tertiary/aromatic N) is 2. The van der Waals surface area contributed by atoms with Crippen LogP contribution in [0.3, 0.4) is 0 Å². The lowest BCUT2D eigenvalue weighted by Crippen LogP contribution is -2.64. The van der Waals surface area contributed by atoms with Crippen molar-refractivity contribution >= 4 is 11.8 Å². The van der Waals surface area contributed by atoms with Crippen LogP contribution in [0.1, 0.15) is 25.7 Å². The summed E-state index contributed by atoms with van der Waals surface area (Å²) in [6, 6.07) is -0.215. The van der Waals surface area contributed by atoms with Gasteiger partial charge in [-0.2, -0.15) is 0 Å². The summed E-state index contributed by atoms with van der Waals surface area (Å²) in [5.41, 5.74) is -0.604. The van der Waals surface area contributed by atoms with E-state index in [9.17, 15) is 9.59 Å². The molecule has 132 valence electrons. The summed E-state index contributed by atoms with van der Waals surface area (Å²) in [7, 11) is 5.63. The minimum absolute atomic E-state index is 0.00814. The molecule has 0 bridgehead atoms. The number of likely N-dealkylation sites (tertiary alicyclic amines) is 1. The first-order valence-electron chi connectivity index (χ1n) is 8.50. The van der Waals surface area contributed by atoms with E-state index in [1.54, 1.807) is 7.05 Å². The molecule has 1 atom stereocenters. The van der Waals surface area contributed by atoms with Gasteiger partial charge in [-0.3, -0.25) is 14.5 Å². The fraction of sp³-hybridized carbons (Fsp3) is 0.875. The third-order valence-corrected chi connectivity index (χ3v) is 4.93. The average Bonchev–Trinajstić information content (AvgIpc) is 3.04. The van der Waals surface area contributed by atoms with Gasteiger partial charge in [-0.05, 0) is 39.8 Å². The van der Waals surface area contributed by atoms with Gasteiger partial charge in [0.1, 0.15) is 5.54 Å². The predicted octanol–water partition coefficient (Wildman–Crippen LogP) is -0.576. The summed E-state index contributed by atoms with van der Waals surface area (Å²) in [4.78, 5) is 29.4. The number of nitrogens with one attached hydrogen (secondary N) is 2. The first kappa shape index (κ1) is 18.2. The minimum Gasteiger partial charge on any atom is -0.381 e. The van der Waals surface area contributed by atoms with E-state index in [0.717, 1.165) is 25.9 Å². The van der Waals surface area contributed by atoms with Gasteiger partial charge in [0, 0.05) is 39.9 Å². The maximum Gasteiger partial charge on any atom is 0.240 e. The smallest absolute Gasteiger partial charge is 0.240 e. The molecule has 2 heterocycles. The Hall–Kier alpha value is -1.18. The Balaban J connectivity index is 2.08. The number of ether oxygens (including phenoxy) is 1. The van der Waals surface area contributed by atoms with Gasteiger partial charge in [0.15, 0.2) is 0 Å². The van der Waals surface area contributed by atoms with Gasteiger partial charge in [0.2, 0.25) is 11.8 Å². The molecule has 7 heteroatoms. The molecule has 2 rings (SSSR count). The van der Waals surface area contributed by atoms with Crippen LogP contribution in [-0.2, 0) is 14.3 Å². The maximum absolute atomic E-state index is 12.6. The standard InChI is InChI=1S/C16H30N4O3/c1-17-15(22)16(6-11-23-12-7-16)20-9-4-5-13(20)14(21)18-8-10-19(2)3/h13H,4-12H2,1-3H3,(H,17,22)(H,18,21)/t13-/m0/s1. The molecule has 0 radical (unpaired) electrons. The fourth-order valence-electron chi connectivity index (χ4n) is 3.66. The first-order chi connectivity index (χ1) is 11.0. The Kier molecular flexibility index (Phi) is 6.38. The number of carbonyl (C=O) groups is 2. The molecule has 2 aliphatic heterocycles. The number of likely N-dealkylation sites (N-methyl/N-ethyl adjacent to an activating group) is 2. The molecular formula is C16H30N4O3. The van der Waals surface area contributed by atoms with Crippen molar-refractivity contribution in [3.8, 4) is 0 Å². The van der Waals surface area contributed by atoms with Crippen LogP contribution in [0.4, 0.5) is 0 Å². The van der Waals surface area contributed by atoms with Crippen LogP contribution in [0.15, 0.2) is 0 Å². The molecule has 7 nitrogen and oxygen atoms in total. The highest BCUT2D eigenvalue weighted by Crippen LogP contribution is 2.35. The molecule has 0 aromatic carbocycles. The normalized spacial score (nSPS) is 24.6. The highest BCUT2D eigenvalue weighted by atomic mass is 16.5. The maximum atomic E-state index is 12.6. The largest absolute Gasteiger partial charge is 0.381 e. The van der Waals surface area contributed by atoms with E-state index < -0.39 is 5.54 Å². The minimum atomic E-state index is -0.604. The Morgan fingerprint density at radius 1 is 1.30 bits per heavy atom. The van der Waals surface area contributed by atoms with Crippen LogP contribution in [-0.4, -0.2) is 87.2 Å². The van der Waals surface area contributed by atoms with E-state index in [0.29, 0.717) is 32.6 Å². The highest BCUT2D eigenvalue weighted by molar-refractivity contribution is 5.88. The van der Waals surface area contributed by atoms with E-state index >= 15 is 0 Å². The topological polar surface area (TPSA) is 73.9 Å². The lowest BCUT2D eigenvalue weighted by atomic mass is 9.86. The van der Waals surface area contributed by atoms with Crippen molar-refractivity contribution in [2.24, 2.45) is 0 Å². The highest BCUT2D eigenvalue weighted by Gasteiger charge is 2.50. The van der Waals surface area contributed by atoms with Crippen LogP contribution >= 0.6 is 0 Å². The summed E-state index contributed by atoms with van der Waals surface area (Å²) in [5, 5.41) is 5.81. The molecule has 23 heavy (non-hydrogen) atoms. The molecule has 2 amide bonds. The Morgan fingerprint density at radius 3 is 2.61 bits per heavy atom. The molecule has 0 aromatic heterocycles. The van der Waals surface area contributed by atoms with Gasteiger partial charge in [-0.1, -0.05) is 0 Å². The third-order valence-electron chi connectivity index (χ3n) is 4.93. The SMILES string of the molecule is CNC(=O)C1(N2CCC[C@H]2C(=O)NCCN(C)C)CCOCC1. The van der Waals surface area contributed by atoms with Crippen molar-refractivity contribution in [2.45, 2.75) is 37.3 Å². The number of hydrogen-bond donors (Lipinski definition) is 2. The molecule has 2 fully saturated rings. The third kappa shape index (κ3) is 4.02. The summed E-state index contributed by atoms with van der Waals surface area (Å²) in [6.45, 7) is 3.37. The second-order valence-corrected chi connectivity index (χ2v) is 6.67. The lowest BCUT2D eigenvalue weighted by molar-refractivity contribution is -0.145. The molecule has 2 aliphatic rings. The van der Waals surface area contributed by atoms with Crippen molar-refractivity contribution in [2.75, 3.05) is 54.0 Å². The Bertz CT molecular complexity index is 422. The molecule has 0 aromatic rings. The van der Waals surface area contributed by atoms with Crippen LogP contribution < -0.4 is 10.6 Å². The number of hydrogen-bond acceptors (Lipinski definition) is 5. The van der Waals surface area contributed by atoms with Crippen molar-refractivity contribution < 1.29 is 14.3 Å². The monoisotopic (exact) mass is 326 g/mol. The van der Waals surface area contributed by atoms with E-state index in [2.05, 4.69) is 15.5 Å². The van der Waals surface area contributed by atoms with Gasteiger partial charge in [0.25, 0.3) is 0 Å². The Labute approximate surface area is 138 Å². The summed E-state index contributed by atoms with van der Waals surface area (Å²) >= 11 is 0. The molecule has 2 saturated heterocycles. The van der Waals surface area contributed by atoms with Crippen molar-refractivity contribution in [3.05, 3.63) is 0 Å². The number of rotatable bonds is 6. The van der Waals surface area contributed by atoms with E-state index in [1.807, 2.05) is 19.0 Å². The van der Waals surface area contributed by atoms with Gasteiger partial charge in [0.05, 0.1) is 6.04 Å². The van der Waals surface area contributed by atoms with E-state index in [1.165, 1.54) is 0 Å². The summed E-state index contributed by atoms with van der Waals surface area (Å²) in [5.74, 6) is 0.0490. The van der Waals surface area contributed by atoms with Gasteiger partial charge in [-0.25, -0.2) is 0 Å². The van der Waals surface area contributed by atoms with Crippen molar-refractivity contribution in [3.63, 3.8) is 0 Å². The zero-order valence-corrected chi connectivity index (χ0v) is 14.6. The quantitative estimate of drug-likeness (QED) is 0.683. The van der Waals surface area contributed by atoms with Gasteiger partial charge < -0.3 is 20.3 Å². The van der Waals surface area contributed by atoms with E-state index in [-0.39, 0.29) is 17.9 Å². The number of amides is 2. The van der Waals surface area contributed by atoms with Crippen molar-refractivity contribution in [1.82, 2.24) is 20.4 Å². The van der Waals surface area contributed by atoms with Crippen LogP contribution in [0.5, 0.6) is 0 Å². The Morgan fingerprint density at radius 2 is 2.00 bits per heavy atom.